The molecule has 0 bridgehead atoms. The minimum atomic E-state index is -0.907. The van der Waals surface area contributed by atoms with Crippen molar-refractivity contribution in [1.29, 1.82) is 0 Å². The first-order valence-electron chi connectivity index (χ1n) is 6.57. The molecule has 2 N–H and O–H groups in total. The lowest BCUT2D eigenvalue weighted by Crippen LogP contribution is -2.05. The molecular formula is C16H15N3O2. The summed E-state index contributed by atoms with van der Waals surface area (Å²) in [5.41, 5.74) is 2.87. The molecule has 0 aliphatic rings. The molecule has 5 nitrogen and oxygen atoms in total. The molecule has 1 aromatic carbocycles. The van der Waals surface area contributed by atoms with Gasteiger partial charge in [0.05, 0.1) is 19.0 Å². The van der Waals surface area contributed by atoms with E-state index in [0.29, 0.717) is 17.0 Å². The number of aromatic amines is 1. The summed E-state index contributed by atoms with van der Waals surface area (Å²) in [6, 6.07) is 13.3. The van der Waals surface area contributed by atoms with Gasteiger partial charge in [0.15, 0.2) is 0 Å². The lowest BCUT2D eigenvalue weighted by Gasteiger charge is -2.13. The van der Waals surface area contributed by atoms with Gasteiger partial charge < -0.3 is 9.84 Å². The molecule has 1 unspecified atom stereocenters. The molecule has 1 atom stereocenters. The van der Waals surface area contributed by atoms with Crippen LogP contribution < -0.4 is 4.74 Å². The van der Waals surface area contributed by atoms with Crippen LogP contribution >= 0.6 is 0 Å². The molecule has 0 saturated heterocycles. The fourth-order valence-corrected chi connectivity index (χ4v) is 2.27. The SMILES string of the molecule is COc1cccnc1C(O)c1cn[nH]c1-c1ccccc1. The number of methoxy groups -OCH3 is 1. The Hall–Kier alpha value is -2.66. The molecule has 5 heteroatoms. The van der Waals surface area contributed by atoms with Gasteiger partial charge in [0.25, 0.3) is 0 Å². The second-order valence-corrected chi connectivity index (χ2v) is 4.56. The van der Waals surface area contributed by atoms with E-state index >= 15 is 0 Å². The van der Waals surface area contributed by atoms with Crippen molar-refractivity contribution in [2.45, 2.75) is 6.10 Å². The topological polar surface area (TPSA) is 71.0 Å². The third-order valence-corrected chi connectivity index (χ3v) is 3.30. The Balaban J connectivity index is 2.04. The minimum absolute atomic E-state index is 0.471. The third kappa shape index (κ3) is 2.51. The van der Waals surface area contributed by atoms with Crippen molar-refractivity contribution in [3.05, 3.63) is 66.1 Å². The molecule has 2 aromatic heterocycles. The number of hydrogen-bond acceptors (Lipinski definition) is 4. The highest BCUT2D eigenvalue weighted by Crippen LogP contribution is 2.32. The number of hydrogen-bond donors (Lipinski definition) is 2. The zero-order valence-corrected chi connectivity index (χ0v) is 11.5. The normalized spacial score (nSPS) is 12.1. The maximum Gasteiger partial charge on any atom is 0.143 e. The molecule has 106 valence electrons. The highest BCUT2D eigenvalue weighted by atomic mass is 16.5. The first kappa shape index (κ1) is 13.3. The average Bonchev–Trinajstić information content (AvgIpc) is 3.04. The van der Waals surface area contributed by atoms with Crippen molar-refractivity contribution in [3.63, 3.8) is 0 Å². The fraction of sp³-hybridized carbons (Fsp3) is 0.125. The van der Waals surface area contributed by atoms with Crippen molar-refractivity contribution < 1.29 is 9.84 Å². The van der Waals surface area contributed by atoms with Crippen LogP contribution in [0.15, 0.2) is 54.9 Å². The van der Waals surface area contributed by atoms with Crippen molar-refractivity contribution in [1.82, 2.24) is 15.2 Å². The zero-order valence-electron chi connectivity index (χ0n) is 11.5. The van der Waals surface area contributed by atoms with Crippen LogP contribution in [0.3, 0.4) is 0 Å². The van der Waals surface area contributed by atoms with Crippen LogP contribution in [0.4, 0.5) is 0 Å². The van der Waals surface area contributed by atoms with Gasteiger partial charge in [-0.15, -0.1) is 0 Å². The van der Waals surface area contributed by atoms with Gasteiger partial charge in [-0.05, 0) is 17.7 Å². The summed E-state index contributed by atoms with van der Waals surface area (Å²) in [6.07, 6.45) is 2.33. The number of aliphatic hydroxyl groups excluding tert-OH is 1. The van der Waals surface area contributed by atoms with Crippen molar-refractivity contribution in [2.75, 3.05) is 7.11 Å². The second-order valence-electron chi connectivity index (χ2n) is 4.56. The van der Waals surface area contributed by atoms with Crippen LogP contribution in [0.5, 0.6) is 5.75 Å². The summed E-state index contributed by atoms with van der Waals surface area (Å²) in [5.74, 6) is 0.546. The Kier molecular flexibility index (Phi) is 3.66. The van der Waals surface area contributed by atoms with E-state index in [-0.39, 0.29) is 0 Å². The fourth-order valence-electron chi connectivity index (χ4n) is 2.27. The van der Waals surface area contributed by atoms with E-state index in [1.165, 1.54) is 0 Å². The van der Waals surface area contributed by atoms with Crippen LogP contribution in [0.2, 0.25) is 0 Å². The predicted octanol–water partition coefficient (Wildman–Crippen LogP) is 2.56. The molecule has 3 aromatic rings. The van der Waals surface area contributed by atoms with Crippen molar-refractivity contribution in [2.24, 2.45) is 0 Å². The van der Waals surface area contributed by atoms with Gasteiger partial charge in [-0.3, -0.25) is 10.1 Å². The smallest absolute Gasteiger partial charge is 0.143 e. The highest BCUT2D eigenvalue weighted by Gasteiger charge is 2.21. The quantitative estimate of drug-likeness (QED) is 0.771. The Morgan fingerprint density at radius 2 is 1.95 bits per heavy atom. The summed E-state index contributed by atoms with van der Waals surface area (Å²) in [5, 5.41) is 17.6. The Morgan fingerprint density at radius 1 is 1.14 bits per heavy atom. The van der Waals surface area contributed by atoms with Gasteiger partial charge in [0.2, 0.25) is 0 Å². The summed E-state index contributed by atoms with van der Waals surface area (Å²) in [4.78, 5) is 4.22. The maximum atomic E-state index is 10.6. The largest absolute Gasteiger partial charge is 0.495 e. The van der Waals surface area contributed by atoms with Crippen molar-refractivity contribution >= 4 is 0 Å². The Bertz CT molecular complexity index is 725. The van der Waals surface area contributed by atoms with Gasteiger partial charge >= 0.3 is 0 Å². The summed E-state index contributed by atoms with van der Waals surface area (Å²) < 4.78 is 5.26. The van der Waals surface area contributed by atoms with Crippen LogP contribution in [0.1, 0.15) is 17.4 Å². The van der Waals surface area contributed by atoms with Gasteiger partial charge in [-0.2, -0.15) is 5.10 Å². The van der Waals surface area contributed by atoms with Gasteiger partial charge in [-0.25, -0.2) is 0 Å². The number of pyridine rings is 1. The molecule has 3 rings (SSSR count). The van der Waals surface area contributed by atoms with Crippen LogP contribution in [-0.2, 0) is 0 Å². The molecule has 0 aliphatic heterocycles. The van der Waals surface area contributed by atoms with Crippen molar-refractivity contribution in [3.8, 4) is 17.0 Å². The van der Waals surface area contributed by atoms with Gasteiger partial charge in [-0.1, -0.05) is 30.3 Å². The van der Waals surface area contributed by atoms with Crippen LogP contribution in [0, 0.1) is 0 Å². The van der Waals surface area contributed by atoms with E-state index in [9.17, 15) is 5.11 Å². The van der Waals surface area contributed by atoms with E-state index < -0.39 is 6.10 Å². The molecule has 0 radical (unpaired) electrons. The van der Waals surface area contributed by atoms with Crippen LogP contribution in [-0.4, -0.2) is 27.4 Å². The molecular weight excluding hydrogens is 266 g/mol. The van der Waals surface area contributed by atoms with E-state index in [0.717, 1.165) is 11.3 Å². The minimum Gasteiger partial charge on any atom is -0.495 e. The molecule has 21 heavy (non-hydrogen) atoms. The zero-order chi connectivity index (χ0) is 14.7. The molecule has 0 saturated carbocycles. The number of ether oxygens (including phenoxy) is 1. The van der Waals surface area contributed by atoms with Crippen LogP contribution in [0.25, 0.3) is 11.3 Å². The Labute approximate surface area is 122 Å². The monoisotopic (exact) mass is 281 g/mol. The van der Waals surface area contributed by atoms with Gasteiger partial charge in [0.1, 0.15) is 17.5 Å². The average molecular weight is 281 g/mol. The summed E-state index contributed by atoms with van der Waals surface area (Å²) in [7, 11) is 1.56. The number of nitrogens with zero attached hydrogens (tertiary/aromatic N) is 2. The third-order valence-electron chi connectivity index (χ3n) is 3.30. The van der Waals surface area contributed by atoms with Gasteiger partial charge in [0, 0.05) is 11.8 Å². The molecule has 0 amide bonds. The predicted molar refractivity (Wildman–Crippen MR) is 78.9 cm³/mol. The maximum absolute atomic E-state index is 10.6. The number of H-pyrrole nitrogens is 1. The van der Waals surface area contributed by atoms with E-state index in [2.05, 4.69) is 15.2 Å². The highest BCUT2D eigenvalue weighted by molar-refractivity contribution is 5.63. The first-order valence-corrected chi connectivity index (χ1v) is 6.57. The molecule has 0 fully saturated rings. The molecule has 2 heterocycles. The van der Waals surface area contributed by atoms with E-state index in [4.69, 9.17) is 4.74 Å². The lowest BCUT2D eigenvalue weighted by atomic mass is 10.0. The molecule has 0 spiro atoms. The molecule has 0 aliphatic carbocycles. The first-order chi connectivity index (χ1) is 10.3. The Morgan fingerprint density at radius 3 is 2.71 bits per heavy atom. The number of nitrogens with one attached hydrogen (secondary N) is 1. The number of rotatable bonds is 4. The number of aromatic nitrogens is 3. The lowest BCUT2D eigenvalue weighted by molar-refractivity contribution is 0.210. The second kappa shape index (κ2) is 5.76. The van der Waals surface area contributed by atoms with E-state index in [1.54, 1.807) is 31.6 Å². The summed E-state index contributed by atoms with van der Waals surface area (Å²) in [6.45, 7) is 0. The van der Waals surface area contributed by atoms with E-state index in [1.807, 2.05) is 30.3 Å². The summed E-state index contributed by atoms with van der Waals surface area (Å²) >= 11 is 0. The number of aliphatic hydroxyl groups is 1. The number of benzene rings is 1. The standard InChI is InChI=1S/C16H15N3O2/c1-21-13-8-5-9-17-15(13)16(20)12-10-18-19-14(12)11-6-3-2-4-7-11/h2-10,16,20H,1H3,(H,18,19).